The molecule has 0 spiro atoms. The quantitative estimate of drug-likeness (QED) is 0.0851. The Kier molecular flexibility index (Phi) is 30.3. The molecule has 240 valence electrons. The van der Waals surface area contributed by atoms with Crippen molar-refractivity contribution in [3.05, 3.63) is 0 Å². The van der Waals surface area contributed by atoms with Crippen LogP contribution in [0.1, 0.15) is 34.1 Å². The van der Waals surface area contributed by atoms with Gasteiger partial charge in [0.25, 0.3) is 0 Å². The van der Waals surface area contributed by atoms with Crippen LogP contribution in [0.25, 0.3) is 0 Å². The van der Waals surface area contributed by atoms with E-state index >= 15 is 0 Å². The number of ether oxygens (including phenoxy) is 11. The third-order valence-electron chi connectivity index (χ3n) is 5.08. The fourth-order valence-electron chi connectivity index (χ4n) is 3.14. The molecule has 0 rings (SSSR count). The van der Waals surface area contributed by atoms with Gasteiger partial charge in [0.1, 0.15) is 0 Å². The summed E-state index contributed by atoms with van der Waals surface area (Å²) < 4.78 is 59.1. The molecule has 0 aliphatic heterocycles. The van der Waals surface area contributed by atoms with Gasteiger partial charge in [-0.1, -0.05) is 13.8 Å². The number of hydrogen-bond donors (Lipinski definition) is 0. The van der Waals surface area contributed by atoms with Gasteiger partial charge in [0.15, 0.2) is 6.10 Å². The monoisotopic (exact) mass is 584 g/mol. The van der Waals surface area contributed by atoms with Crippen LogP contribution in [0.2, 0.25) is 0 Å². The van der Waals surface area contributed by atoms with Crippen molar-refractivity contribution in [1.29, 1.82) is 0 Å². The lowest BCUT2D eigenvalue weighted by molar-refractivity contribution is -0.162. The number of carbonyl (C=O) groups is 1. The zero-order valence-corrected chi connectivity index (χ0v) is 25.6. The van der Waals surface area contributed by atoms with Crippen molar-refractivity contribution >= 4 is 5.97 Å². The van der Waals surface area contributed by atoms with Crippen LogP contribution in [0.5, 0.6) is 0 Å². The van der Waals surface area contributed by atoms with E-state index in [0.29, 0.717) is 125 Å². The highest BCUT2D eigenvalue weighted by Crippen LogP contribution is 2.09. The minimum absolute atomic E-state index is 0.111. The molecule has 0 aliphatic carbocycles. The summed E-state index contributed by atoms with van der Waals surface area (Å²) in [5, 5.41) is 0. The predicted octanol–water partition coefficient (Wildman–Crippen LogP) is 2.15. The van der Waals surface area contributed by atoms with Crippen LogP contribution in [-0.4, -0.2) is 144 Å². The Labute approximate surface area is 241 Å². The lowest BCUT2D eigenvalue weighted by Crippen LogP contribution is -2.28. The van der Waals surface area contributed by atoms with E-state index in [4.69, 9.17) is 52.1 Å². The van der Waals surface area contributed by atoms with Gasteiger partial charge in [-0.25, -0.2) is 4.79 Å². The molecule has 0 heterocycles. The normalized spacial score (nSPS) is 13.2. The first kappa shape index (κ1) is 39.1. The first-order chi connectivity index (χ1) is 19.5. The van der Waals surface area contributed by atoms with Gasteiger partial charge in [0.2, 0.25) is 0 Å². The minimum atomic E-state index is -0.609. The van der Waals surface area contributed by atoms with Crippen LogP contribution in [0.15, 0.2) is 0 Å². The van der Waals surface area contributed by atoms with Crippen LogP contribution in [0, 0.1) is 5.92 Å². The second kappa shape index (κ2) is 31.0. The topological polar surface area (TPSA) is 119 Å². The number of esters is 1. The summed E-state index contributed by atoms with van der Waals surface area (Å²) in [6.45, 7) is 16.7. The largest absolute Gasteiger partial charge is 0.461 e. The van der Waals surface area contributed by atoms with Crippen molar-refractivity contribution in [2.75, 3.05) is 126 Å². The average molecular weight is 585 g/mol. The minimum Gasteiger partial charge on any atom is -0.461 e. The van der Waals surface area contributed by atoms with Crippen LogP contribution in [-0.2, 0) is 56.9 Å². The number of methoxy groups -OCH3 is 1. The van der Waals surface area contributed by atoms with Gasteiger partial charge >= 0.3 is 5.97 Å². The molecule has 0 fully saturated rings. The van der Waals surface area contributed by atoms with E-state index in [1.165, 1.54) is 0 Å². The zero-order chi connectivity index (χ0) is 29.5. The van der Waals surface area contributed by atoms with E-state index in [1.807, 2.05) is 6.92 Å². The number of carbonyl (C=O) groups excluding carboxylic acids is 1. The fourth-order valence-corrected chi connectivity index (χ4v) is 3.14. The number of hydrogen-bond acceptors (Lipinski definition) is 12. The van der Waals surface area contributed by atoms with Gasteiger partial charge in [-0.3, -0.25) is 0 Å². The van der Waals surface area contributed by atoms with Crippen LogP contribution < -0.4 is 0 Å². The first-order valence-corrected chi connectivity index (χ1v) is 14.4. The lowest BCUT2D eigenvalue weighted by Gasteiger charge is -2.18. The Morgan fingerprint density at radius 2 is 0.775 bits per heavy atom. The van der Waals surface area contributed by atoms with Crippen molar-refractivity contribution in [3.63, 3.8) is 0 Å². The van der Waals surface area contributed by atoms with E-state index in [2.05, 4.69) is 13.8 Å². The fraction of sp³-hybridized carbons (Fsp3) is 0.964. The Balaban J connectivity index is 3.21. The molecule has 0 aromatic rings. The summed E-state index contributed by atoms with van der Waals surface area (Å²) in [6, 6.07) is 0. The highest BCUT2D eigenvalue weighted by molar-refractivity contribution is 5.74. The molecule has 2 unspecified atom stereocenters. The first-order valence-electron chi connectivity index (χ1n) is 14.4. The molecule has 0 aliphatic rings. The van der Waals surface area contributed by atoms with Crippen molar-refractivity contribution < 1.29 is 56.9 Å². The maximum Gasteiger partial charge on any atom is 0.335 e. The Hall–Kier alpha value is -0.930. The summed E-state index contributed by atoms with van der Waals surface area (Å²) >= 11 is 0. The maximum absolute atomic E-state index is 12.0. The highest BCUT2D eigenvalue weighted by Gasteiger charge is 2.18. The third kappa shape index (κ3) is 30.0. The average Bonchev–Trinajstić information content (AvgIpc) is 2.92. The summed E-state index contributed by atoms with van der Waals surface area (Å²) in [5.74, 6) is 0.134. The molecule has 0 amide bonds. The van der Waals surface area contributed by atoms with E-state index in [1.54, 1.807) is 14.0 Å². The molecule has 0 aromatic carbocycles. The summed E-state index contributed by atoms with van der Waals surface area (Å²) in [6.07, 6.45) is 0.112. The second-order valence-corrected chi connectivity index (χ2v) is 9.28. The second-order valence-electron chi connectivity index (χ2n) is 9.28. The molecule has 0 N–H and O–H groups in total. The standard InChI is InChI=1S/C28H56O12/c1-25(2)24-26(3)40-28(29)27(4)39-23-22-38-21-20-37-19-18-36-17-16-35-15-14-34-13-12-33-11-10-32-9-8-31-7-6-30-5/h25-27H,6-24H2,1-5H3. The molecule has 12 heteroatoms. The van der Waals surface area contributed by atoms with Gasteiger partial charge in [0, 0.05) is 7.11 Å². The Morgan fingerprint density at radius 3 is 1.07 bits per heavy atom. The van der Waals surface area contributed by atoms with E-state index in [-0.39, 0.29) is 12.1 Å². The molecular formula is C28H56O12. The van der Waals surface area contributed by atoms with Gasteiger partial charge < -0.3 is 52.1 Å². The molecule has 12 nitrogen and oxygen atoms in total. The molecule has 0 bridgehead atoms. The van der Waals surface area contributed by atoms with Crippen molar-refractivity contribution in [3.8, 4) is 0 Å². The van der Waals surface area contributed by atoms with Crippen molar-refractivity contribution in [2.45, 2.75) is 46.3 Å². The molecular weight excluding hydrogens is 528 g/mol. The lowest BCUT2D eigenvalue weighted by atomic mass is 10.1. The van der Waals surface area contributed by atoms with Gasteiger partial charge in [-0.2, -0.15) is 0 Å². The summed E-state index contributed by atoms with van der Waals surface area (Å²) in [5.41, 5.74) is 0. The predicted molar refractivity (Wildman–Crippen MR) is 149 cm³/mol. The number of rotatable bonds is 32. The maximum atomic E-state index is 12.0. The highest BCUT2D eigenvalue weighted by atomic mass is 16.6. The third-order valence-corrected chi connectivity index (χ3v) is 5.08. The zero-order valence-electron chi connectivity index (χ0n) is 25.6. The molecule has 40 heavy (non-hydrogen) atoms. The Morgan fingerprint density at radius 1 is 0.475 bits per heavy atom. The molecule has 0 saturated heterocycles. The molecule has 0 aromatic heterocycles. The van der Waals surface area contributed by atoms with Crippen molar-refractivity contribution in [1.82, 2.24) is 0 Å². The van der Waals surface area contributed by atoms with Crippen LogP contribution in [0.4, 0.5) is 0 Å². The molecule has 0 saturated carbocycles. The van der Waals surface area contributed by atoms with E-state index in [0.717, 1.165) is 6.42 Å². The smallest absolute Gasteiger partial charge is 0.335 e. The van der Waals surface area contributed by atoms with Gasteiger partial charge in [0.05, 0.1) is 125 Å². The summed E-state index contributed by atoms with van der Waals surface area (Å²) in [4.78, 5) is 12.0. The van der Waals surface area contributed by atoms with Crippen LogP contribution >= 0.6 is 0 Å². The van der Waals surface area contributed by atoms with E-state index < -0.39 is 6.10 Å². The van der Waals surface area contributed by atoms with E-state index in [9.17, 15) is 4.79 Å². The van der Waals surface area contributed by atoms with Crippen LogP contribution in [0.3, 0.4) is 0 Å². The summed E-state index contributed by atoms with van der Waals surface area (Å²) in [7, 11) is 1.64. The Bertz CT molecular complexity index is 524. The molecule has 0 radical (unpaired) electrons. The molecule has 2 atom stereocenters. The van der Waals surface area contributed by atoms with Gasteiger partial charge in [-0.15, -0.1) is 0 Å². The SMILES string of the molecule is COCCOCCOCCOCCOCCOCCOCCOCCOCCOC(C)C(=O)OC(C)CC(C)C. The van der Waals surface area contributed by atoms with Crippen molar-refractivity contribution in [2.24, 2.45) is 5.92 Å². The van der Waals surface area contributed by atoms with Gasteiger partial charge in [-0.05, 0) is 26.2 Å².